The number of hydrogen-bond acceptors (Lipinski definition) is 4. The van der Waals surface area contributed by atoms with Gasteiger partial charge in [0.05, 0.1) is 18.9 Å². The van der Waals surface area contributed by atoms with Gasteiger partial charge in [-0.25, -0.2) is 4.98 Å². The summed E-state index contributed by atoms with van der Waals surface area (Å²) in [4.78, 5) is 6.95. The number of hydrogen-bond donors (Lipinski definition) is 1. The van der Waals surface area contributed by atoms with Crippen molar-refractivity contribution in [3.63, 3.8) is 0 Å². The van der Waals surface area contributed by atoms with Crippen LogP contribution in [0.3, 0.4) is 0 Å². The first-order chi connectivity index (χ1) is 8.79. The molecule has 1 aliphatic rings. The molecule has 1 aliphatic heterocycles. The molecule has 5 heteroatoms. The van der Waals surface area contributed by atoms with Gasteiger partial charge in [0, 0.05) is 38.9 Å². The van der Waals surface area contributed by atoms with Crippen LogP contribution in [0.2, 0.25) is 0 Å². The van der Waals surface area contributed by atoms with E-state index in [2.05, 4.69) is 32.9 Å². The van der Waals surface area contributed by atoms with E-state index in [1.54, 1.807) is 0 Å². The van der Waals surface area contributed by atoms with Crippen molar-refractivity contribution in [3.05, 3.63) is 11.9 Å². The van der Waals surface area contributed by atoms with E-state index >= 15 is 0 Å². The minimum atomic E-state index is 0.865. The highest BCUT2D eigenvalue weighted by atomic mass is 16.5. The number of aromatic nitrogens is 2. The van der Waals surface area contributed by atoms with E-state index in [0.29, 0.717) is 0 Å². The van der Waals surface area contributed by atoms with Crippen molar-refractivity contribution in [1.82, 2.24) is 14.5 Å². The molecule has 1 aromatic heterocycles. The van der Waals surface area contributed by atoms with Gasteiger partial charge in [-0.05, 0) is 13.3 Å². The largest absolute Gasteiger partial charge is 0.379 e. The molecular formula is C13H24N4O. The Labute approximate surface area is 109 Å². The fraction of sp³-hybridized carbons (Fsp3) is 0.769. The number of imidazole rings is 1. The summed E-state index contributed by atoms with van der Waals surface area (Å²) in [7, 11) is 0. The molecular weight excluding hydrogens is 228 g/mol. The lowest BCUT2D eigenvalue weighted by atomic mass is 10.4. The highest BCUT2D eigenvalue weighted by Gasteiger charge is 2.10. The maximum Gasteiger partial charge on any atom is 0.203 e. The van der Waals surface area contributed by atoms with Crippen LogP contribution in [0.1, 0.15) is 19.0 Å². The van der Waals surface area contributed by atoms with Gasteiger partial charge >= 0.3 is 0 Å². The van der Waals surface area contributed by atoms with E-state index < -0.39 is 0 Å². The third-order valence-electron chi connectivity index (χ3n) is 3.18. The zero-order chi connectivity index (χ0) is 12.8. The Morgan fingerprint density at radius 2 is 2.11 bits per heavy atom. The molecule has 0 atom stereocenters. The summed E-state index contributed by atoms with van der Waals surface area (Å²) in [6.45, 7) is 11.1. The fourth-order valence-electron chi connectivity index (χ4n) is 2.25. The third-order valence-corrected chi connectivity index (χ3v) is 3.18. The van der Waals surface area contributed by atoms with Gasteiger partial charge in [0.25, 0.3) is 0 Å². The zero-order valence-electron chi connectivity index (χ0n) is 11.5. The van der Waals surface area contributed by atoms with Crippen LogP contribution in [0.15, 0.2) is 6.20 Å². The summed E-state index contributed by atoms with van der Waals surface area (Å²) in [5.74, 6) is 1.00. The van der Waals surface area contributed by atoms with Crippen LogP contribution < -0.4 is 5.32 Å². The van der Waals surface area contributed by atoms with Crippen molar-refractivity contribution in [3.8, 4) is 0 Å². The Morgan fingerprint density at radius 1 is 1.33 bits per heavy atom. The van der Waals surface area contributed by atoms with Crippen LogP contribution in [0, 0.1) is 6.92 Å². The van der Waals surface area contributed by atoms with Crippen LogP contribution in [0.5, 0.6) is 0 Å². The van der Waals surface area contributed by atoms with Crippen LogP contribution in [0.4, 0.5) is 5.95 Å². The molecule has 0 aliphatic carbocycles. The Morgan fingerprint density at radius 3 is 2.83 bits per heavy atom. The molecule has 0 bridgehead atoms. The maximum atomic E-state index is 5.34. The van der Waals surface area contributed by atoms with Crippen LogP contribution in [0.25, 0.3) is 0 Å². The van der Waals surface area contributed by atoms with Crippen molar-refractivity contribution < 1.29 is 4.74 Å². The Hall–Kier alpha value is -1.07. The van der Waals surface area contributed by atoms with Crippen molar-refractivity contribution >= 4 is 5.95 Å². The smallest absolute Gasteiger partial charge is 0.203 e. The van der Waals surface area contributed by atoms with Crippen molar-refractivity contribution in [2.24, 2.45) is 0 Å². The van der Waals surface area contributed by atoms with Gasteiger partial charge in [-0.2, -0.15) is 0 Å². The monoisotopic (exact) mass is 252 g/mol. The van der Waals surface area contributed by atoms with Gasteiger partial charge in [-0.1, -0.05) is 6.92 Å². The average molecular weight is 252 g/mol. The van der Waals surface area contributed by atoms with E-state index in [1.807, 2.05) is 6.92 Å². The highest BCUT2D eigenvalue weighted by Crippen LogP contribution is 2.09. The molecule has 1 N–H and O–H groups in total. The second-order valence-corrected chi connectivity index (χ2v) is 4.78. The summed E-state index contributed by atoms with van der Waals surface area (Å²) in [6.07, 6.45) is 3.24. The lowest BCUT2D eigenvalue weighted by Gasteiger charge is -2.26. The van der Waals surface area contributed by atoms with Gasteiger partial charge < -0.3 is 14.6 Å². The molecule has 0 unspecified atom stereocenters. The number of anilines is 1. The topological polar surface area (TPSA) is 42.3 Å². The average Bonchev–Trinajstić information content (AvgIpc) is 2.72. The van der Waals surface area contributed by atoms with Gasteiger partial charge in [0.2, 0.25) is 5.95 Å². The molecule has 2 heterocycles. The first kappa shape index (κ1) is 13.4. The summed E-state index contributed by atoms with van der Waals surface area (Å²) >= 11 is 0. The molecule has 0 aromatic carbocycles. The van der Waals surface area contributed by atoms with E-state index in [-0.39, 0.29) is 0 Å². The summed E-state index contributed by atoms with van der Waals surface area (Å²) in [5, 5.41) is 3.44. The molecule has 0 spiro atoms. The van der Waals surface area contributed by atoms with Gasteiger partial charge in [0.1, 0.15) is 0 Å². The van der Waals surface area contributed by atoms with E-state index in [1.165, 1.54) is 0 Å². The number of nitrogens with one attached hydrogen (secondary N) is 1. The first-order valence-electron chi connectivity index (χ1n) is 6.87. The standard InChI is InChI=1S/C13H24N4O/c1-3-5-17-11-12(2)15-13(17)14-4-6-16-7-9-18-10-8-16/h11H,3-10H2,1-2H3,(H,14,15). The molecule has 0 radical (unpaired) electrons. The number of aryl methyl sites for hydroxylation is 2. The predicted octanol–water partition coefficient (Wildman–Crippen LogP) is 1.35. The maximum absolute atomic E-state index is 5.34. The molecule has 102 valence electrons. The molecule has 1 fully saturated rings. The second kappa shape index (κ2) is 6.75. The number of rotatable bonds is 6. The van der Waals surface area contributed by atoms with Crippen molar-refractivity contribution in [2.45, 2.75) is 26.8 Å². The number of morpholine rings is 1. The molecule has 1 aromatic rings. The second-order valence-electron chi connectivity index (χ2n) is 4.78. The SMILES string of the molecule is CCCn1cc(C)nc1NCCN1CCOCC1. The van der Waals surface area contributed by atoms with Gasteiger partial charge in [0.15, 0.2) is 0 Å². The van der Waals surface area contributed by atoms with Crippen LogP contribution in [-0.4, -0.2) is 53.8 Å². The minimum Gasteiger partial charge on any atom is -0.379 e. The minimum absolute atomic E-state index is 0.865. The van der Waals surface area contributed by atoms with Crippen molar-refractivity contribution in [1.29, 1.82) is 0 Å². The van der Waals surface area contributed by atoms with E-state index in [0.717, 1.165) is 64.0 Å². The Kier molecular flexibility index (Phi) is 5.01. The van der Waals surface area contributed by atoms with E-state index in [9.17, 15) is 0 Å². The summed E-state index contributed by atoms with van der Waals surface area (Å²) in [5.41, 5.74) is 1.08. The van der Waals surface area contributed by atoms with Crippen molar-refractivity contribution in [2.75, 3.05) is 44.7 Å². The molecule has 2 rings (SSSR count). The van der Waals surface area contributed by atoms with Crippen LogP contribution in [-0.2, 0) is 11.3 Å². The lowest BCUT2D eigenvalue weighted by Crippen LogP contribution is -2.39. The predicted molar refractivity (Wildman–Crippen MR) is 73.0 cm³/mol. The van der Waals surface area contributed by atoms with Crippen LogP contribution >= 0.6 is 0 Å². The summed E-state index contributed by atoms with van der Waals surface area (Å²) in [6, 6.07) is 0. The zero-order valence-corrected chi connectivity index (χ0v) is 11.5. The van der Waals surface area contributed by atoms with Gasteiger partial charge in [-0.3, -0.25) is 4.90 Å². The normalized spacial score (nSPS) is 17.0. The molecule has 1 saturated heterocycles. The first-order valence-corrected chi connectivity index (χ1v) is 6.87. The Bertz CT molecular complexity index is 358. The molecule has 0 saturated carbocycles. The van der Waals surface area contributed by atoms with Gasteiger partial charge in [-0.15, -0.1) is 0 Å². The fourth-order valence-corrected chi connectivity index (χ4v) is 2.25. The number of nitrogens with zero attached hydrogens (tertiary/aromatic N) is 3. The Balaban J connectivity index is 1.78. The van der Waals surface area contributed by atoms with E-state index in [4.69, 9.17) is 4.74 Å². The number of ether oxygens (including phenoxy) is 1. The molecule has 0 amide bonds. The lowest BCUT2D eigenvalue weighted by molar-refractivity contribution is 0.0398. The third kappa shape index (κ3) is 3.71. The molecule has 5 nitrogen and oxygen atoms in total. The molecule has 18 heavy (non-hydrogen) atoms. The summed E-state index contributed by atoms with van der Waals surface area (Å²) < 4.78 is 7.54. The highest BCUT2D eigenvalue weighted by molar-refractivity contribution is 5.28. The quantitative estimate of drug-likeness (QED) is 0.830.